The Bertz CT molecular complexity index is 959. The van der Waals surface area contributed by atoms with Gasteiger partial charge in [0.25, 0.3) is 0 Å². The highest BCUT2D eigenvalue weighted by Gasteiger charge is 2.29. The molecule has 2 aromatic carbocycles. The van der Waals surface area contributed by atoms with Gasteiger partial charge in [-0.1, -0.05) is 17.7 Å². The number of amides is 2. The van der Waals surface area contributed by atoms with E-state index in [0.717, 1.165) is 24.1 Å². The van der Waals surface area contributed by atoms with Gasteiger partial charge in [0, 0.05) is 29.4 Å². The lowest BCUT2D eigenvalue weighted by atomic mass is 10.1. The van der Waals surface area contributed by atoms with Gasteiger partial charge in [-0.05, 0) is 37.5 Å². The Morgan fingerprint density at radius 2 is 1.76 bits per heavy atom. The molecule has 0 saturated heterocycles. The number of ether oxygens (including phenoxy) is 2. The Balaban J connectivity index is 1.37. The van der Waals surface area contributed by atoms with Crippen LogP contribution in [0.1, 0.15) is 18.4 Å². The summed E-state index contributed by atoms with van der Waals surface area (Å²) in [5.74, 6) is 1.05. The lowest BCUT2D eigenvalue weighted by Gasteiger charge is -2.20. The molecule has 1 aliphatic carbocycles. The second-order valence-electron chi connectivity index (χ2n) is 7.17. The summed E-state index contributed by atoms with van der Waals surface area (Å²) in [5, 5.41) is 9.18. The van der Waals surface area contributed by atoms with Gasteiger partial charge in [-0.3, -0.25) is 9.59 Å². The van der Waals surface area contributed by atoms with E-state index in [0.29, 0.717) is 41.1 Å². The van der Waals surface area contributed by atoms with Crippen LogP contribution in [0.15, 0.2) is 30.3 Å². The first kappa shape index (κ1) is 19.4. The van der Waals surface area contributed by atoms with Gasteiger partial charge in [-0.25, -0.2) is 0 Å². The number of hydrogen-bond donors (Lipinski definition) is 3. The summed E-state index contributed by atoms with van der Waals surface area (Å²) in [7, 11) is 0. The molecule has 4 rings (SSSR count). The van der Waals surface area contributed by atoms with Crippen LogP contribution in [0.4, 0.5) is 17.1 Å². The van der Waals surface area contributed by atoms with E-state index in [2.05, 4.69) is 16.0 Å². The van der Waals surface area contributed by atoms with E-state index >= 15 is 0 Å². The molecule has 0 atom stereocenters. The molecule has 2 aromatic rings. The fourth-order valence-corrected chi connectivity index (χ4v) is 3.21. The van der Waals surface area contributed by atoms with E-state index < -0.39 is 0 Å². The van der Waals surface area contributed by atoms with Gasteiger partial charge in [0.15, 0.2) is 11.5 Å². The number of rotatable bonds is 6. The Morgan fingerprint density at radius 1 is 1.03 bits per heavy atom. The quantitative estimate of drug-likeness (QED) is 0.667. The van der Waals surface area contributed by atoms with Crippen molar-refractivity contribution in [1.29, 1.82) is 0 Å². The van der Waals surface area contributed by atoms with Crippen LogP contribution >= 0.6 is 11.6 Å². The van der Waals surface area contributed by atoms with Crippen molar-refractivity contribution in [3.8, 4) is 11.5 Å². The average molecular weight is 416 g/mol. The second kappa shape index (κ2) is 8.21. The van der Waals surface area contributed by atoms with Crippen molar-refractivity contribution < 1.29 is 19.1 Å². The molecule has 2 amide bonds. The van der Waals surface area contributed by atoms with Gasteiger partial charge in [0.05, 0.1) is 17.3 Å². The largest absolute Gasteiger partial charge is 0.486 e. The van der Waals surface area contributed by atoms with Crippen molar-refractivity contribution in [1.82, 2.24) is 0 Å². The minimum absolute atomic E-state index is 0.0470. The van der Waals surface area contributed by atoms with E-state index in [9.17, 15) is 9.59 Å². The maximum Gasteiger partial charge on any atom is 0.243 e. The fourth-order valence-electron chi connectivity index (χ4n) is 3.01. The normalized spacial score (nSPS) is 14.8. The Kier molecular flexibility index (Phi) is 5.49. The smallest absolute Gasteiger partial charge is 0.243 e. The third-order valence-electron chi connectivity index (χ3n) is 4.80. The second-order valence-corrected chi connectivity index (χ2v) is 7.58. The SMILES string of the molecule is Cc1ccc(NC(=O)C2CC2)cc1NCC(=O)Nc1cc2c(cc1Cl)OCCO2. The summed E-state index contributed by atoms with van der Waals surface area (Å²) < 4.78 is 11.0. The number of hydrogen-bond acceptors (Lipinski definition) is 5. The first-order valence-electron chi connectivity index (χ1n) is 9.54. The number of fused-ring (bicyclic) bond motifs is 1. The van der Waals surface area contributed by atoms with Crippen LogP contribution in [0.3, 0.4) is 0 Å². The van der Waals surface area contributed by atoms with E-state index in [1.807, 2.05) is 25.1 Å². The van der Waals surface area contributed by atoms with Crippen molar-refractivity contribution in [3.63, 3.8) is 0 Å². The van der Waals surface area contributed by atoms with Crippen LogP contribution in [0.2, 0.25) is 5.02 Å². The highest BCUT2D eigenvalue weighted by molar-refractivity contribution is 6.34. The predicted molar refractivity (Wildman–Crippen MR) is 112 cm³/mol. The zero-order valence-corrected chi connectivity index (χ0v) is 16.8. The van der Waals surface area contributed by atoms with Crippen LogP contribution in [0, 0.1) is 12.8 Å². The number of benzene rings is 2. The summed E-state index contributed by atoms with van der Waals surface area (Å²) in [6, 6.07) is 8.89. The standard InChI is InChI=1S/C21H22ClN3O4/c1-12-2-5-14(24-21(27)13-3-4-13)8-16(12)23-11-20(26)25-17-10-19-18(9-15(17)22)28-6-7-29-19/h2,5,8-10,13,23H,3-4,6-7,11H2,1H3,(H,24,27)(H,25,26). The zero-order valence-electron chi connectivity index (χ0n) is 16.0. The highest BCUT2D eigenvalue weighted by Crippen LogP contribution is 2.38. The van der Waals surface area contributed by atoms with Crippen molar-refractivity contribution in [2.75, 3.05) is 35.7 Å². The Labute approximate surface area is 173 Å². The first-order chi connectivity index (χ1) is 14.0. The Hall–Kier alpha value is -2.93. The molecule has 0 unspecified atom stereocenters. The average Bonchev–Trinajstić information content (AvgIpc) is 3.54. The molecule has 2 aliphatic rings. The molecule has 3 N–H and O–H groups in total. The molecule has 1 fully saturated rings. The molecule has 0 radical (unpaired) electrons. The molecule has 8 heteroatoms. The summed E-state index contributed by atoms with van der Waals surface area (Å²) in [5.41, 5.74) is 2.93. The van der Waals surface area contributed by atoms with Gasteiger partial charge in [-0.2, -0.15) is 0 Å². The summed E-state index contributed by atoms with van der Waals surface area (Å²) >= 11 is 6.24. The summed E-state index contributed by atoms with van der Waals surface area (Å²) in [4.78, 5) is 24.4. The van der Waals surface area contributed by atoms with Gasteiger partial charge < -0.3 is 25.4 Å². The van der Waals surface area contributed by atoms with E-state index in [1.165, 1.54) is 0 Å². The van der Waals surface area contributed by atoms with Crippen LogP contribution in [0.25, 0.3) is 0 Å². The fraction of sp³-hybridized carbons (Fsp3) is 0.333. The molecule has 0 spiro atoms. The number of halogens is 1. The molecular weight excluding hydrogens is 394 g/mol. The summed E-state index contributed by atoms with van der Waals surface area (Å²) in [6.45, 7) is 2.91. The number of anilines is 3. The molecule has 1 heterocycles. The van der Waals surface area contributed by atoms with Gasteiger partial charge in [0.2, 0.25) is 11.8 Å². The van der Waals surface area contributed by atoms with Gasteiger partial charge >= 0.3 is 0 Å². The molecule has 0 bridgehead atoms. The van der Waals surface area contributed by atoms with Crippen molar-refractivity contribution >= 4 is 40.5 Å². The maximum absolute atomic E-state index is 12.4. The third kappa shape index (κ3) is 4.74. The van der Waals surface area contributed by atoms with E-state index in [4.69, 9.17) is 21.1 Å². The van der Waals surface area contributed by atoms with Crippen molar-refractivity contribution in [2.45, 2.75) is 19.8 Å². The molecule has 29 heavy (non-hydrogen) atoms. The molecule has 7 nitrogen and oxygen atoms in total. The predicted octanol–water partition coefficient (Wildman–Crippen LogP) is 3.82. The lowest BCUT2D eigenvalue weighted by molar-refractivity contribution is -0.117. The lowest BCUT2D eigenvalue weighted by Crippen LogP contribution is -2.23. The van der Waals surface area contributed by atoms with Crippen LogP contribution < -0.4 is 25.4 Å². The third-order valence-corrected chi connectivity index (χ3v) is 5.11. The highest BCUT2D eigenvalue weighted by atomic mass is 35.5. The first-order valence-corrected chi connectivity index (χ1v) is 9.92. The maximum atomic E-state index is 12.4. The Morgan fingerprint density at radius 3 is 2.48 bits per heavy atom. The molecule has 1 saturated carbocycles. The number of carbonyl (C=O) groups is 2. The van der Waals surface area contributed by atoms with Crippen LogP contribution in [0.5, 0.6) is 11.5 Å². The number of carbonyl (C=O) groups excluding carboxylic acids is 2. The number of nitrogens with one attached hydrogen (secondary N) is 3. The monoisotopic (exact) mass is 415 g/mol. The van der Waals surface area contributed by atoms with E-state index in [-0.39, 0.29) is 24.3 Å². The van der Waals surface area contributed by atoms with Gasteiger partial charge in [0.1, 0.15) is 13.2 Å². The number of aryl methyl sites for hydroxylation is 1. The molecule has 1 aliphatic heterocycles. The van der Waals surface area contributed by atoms with Gasteiger partial charge in [-0.15, -0.1) is 0 Å². The van der Waals surface area contributed by atoms with Crippen LogP contribution in [-0.4, -0.2) is 31.6 Å². The van der Waals surface area contributed by atoms with E-state index in [1.54, 1.807) is 12.1 Å². The zero-order chi connectivity index (χ0) is 20.4. The molecule has 0 aromatic heterocycles. The van der Waals surface area contributed by atoms with Crippen molar-refractivity contribution in [2.24, 2.45) is 5.92 Å². The summed E-state index contributed by atoms with van der Waals surface area (Å²) in [6.07, 6.45) is 1.90. The minimum Gasteiger partial charge on any atom is -0.486 e. The van der Waals surface area contributed by atoms with Crippen molar-refractivity contribution in [3.05, 3.63) is 40.9 Å². The molecule has 152 valence electrons. The minimum atomic E-state index is -0.254. The molecular formula is C21H22ClN3O4. The van der Waals surface area contributed by atoms with Crippen LogP contribution in [-0.2, 0) is 9.59 Å². The topological polar surface area (TPSA) is 88.7 Å².